The van der Waals surface area contributed by atoms with Crippen molar-refractivity contribution in [3.8, 4) is 0 Å². The van der Waals surface area contributed by atoms with Gasteiger partial charge in [-0.1, -0.05) is 18.9 Å². The molecule has 0 saturated heterocycles. The molecule has 5 aliphatic rings. The molecular formula is C23H33N3O. The zero-order chi connectivity index (χ0) is 18.5. The van der Waals surface area contributed by atoms with Gasteiger partial charge in [-0.2, -0.15) is 0 Å². The maximum Gasteiger partial charge on any atom is 0.270 e. The van der Waals surface area contributed by atoms with Gasteiger partial charge in [0.25, 0.3) is 5.91 Å². The van der Waals surface area contributed by atoms with Crippen molar-refractivity contribution in [2.75, 3.05) is 6.54 Å². The molecule has 27 heavy (non-hydrogen) atoms. The summed E-state index contributed by atoms with van der Waals surface area (Å²) in [7, 11) is 0. The highest BCUT2D eigenvalue weighted by Crippen LogP contribution is 2.57. The first kappa shape index (κ1) is 17.7. The van der Waals surface area contributed by atoms with Gasteiger partial charge in [-0.25, -0.2) is 4.98 Å². The Morgan fingerprint density at radius 1 is 1.11 bits per heavy atom. The van der Waals surface area contributed by atoms with Crippen LogP contribution < -0.4 is 10.6 Å². The van der Waals surface area contributed by atoms with Crippen LogP contribution >= 0.6 is 0 Å². The van der Waals surface area contributed by atoms with E-state index in [0.717, 1.165) is 42.7 Å². The zero-order valence-corrected chi connectivity index (χ0v) is 16.6. The van der Waals surface area contributed by atoms with Crippen LogP contribution in [0.5, 0.6) is 0 Å². The van der Waals surface area contributed by atoms with E-state index in [9.17, 15) is 4.79 Å². The predicted octanol–water partition coefficient (Wildman–Crippen LogP) is 3.99. The number of aromatic nitrogens is 1. The monoisotopic (exact) mass is 367 g/mol. The number of carbonyl (C=O) groups excluding carboxylic acids is 1. The van der Waals surface area contributed by atoms with E-state index in [1.54, 1.807) is 0 Å². The van der Waals surface area contributed by atoms with Crippen LogP contribution in [0, 0.1) is 24.7 Å². The Bertz CT molecular complexity index is 710. The molecule has 1 aromatic heterocycles. The Morgan fingerprint density at radius 2 is 1.81 bits per heavy atom. The molecule has 1 aromatic rings. The minimum atomic E-state index is -0.0186. The molecule has 2 N–H and O–H groups in total. The molecule has 0 aliphatic heterocycles. The Hall–Kier alpha value is -1.42. The van der Waals surface area contributed by atoms with E-state index in [0.29, 0.717) is 5.69 Å². The van der Waals surface area contributed by atoms with Gasteiger partial charge in [0.2, 0.25) is 0 Å². The number of aryl methyl sites for hydroxylation is 1. The highest BCUT2D eigenvalue weighted by molar-refractivity contribution is 5.92. The van der Waals surface area contributed by atoms with Crippen LogP contribution in [-0.4, -0.2) is 28.5 Å². The van der Waals surface area contributed by atoms with Gasteiger partial charge in [0.1, 0.15) is 5.69 Å². The highest BCUT2D eigenvalue weighted by Gasteiger charge is 2.58. The molecule has 0 spiro atoms. The second-order valence-corrected chi connectivity index (χ2v) is 10.2. The first-order valence-electron chi connectivity index (χ1n) is 11.0. The molecule has 146 valence electrons. The molecule has 6 rings (SSSR count). The number of pyridine rings is 1. The van der Waals surface area contributed by atoms with E-state index in [4.69, 9.17) is 0 Å². The van der Waals surface area contributed by atoms with Crippen LogP contribution in [0.15, 0.2) is 18.2 Å². The van der Waals surface area contributed by atoms with Crippen molar-refractivity contribution in [2.24, 2.45) is 17.8 Å². The number of nitrogens with one attached hydrogen (secondary N) is 2. The van der Waals surface area contributed by atoms with Gasteiger partial charge in [-0.05, 0) is 94.7 Å². The third-order valence-corrected chi connectivity index (χ3v) is 7.80. The van der Waals surface area contributed by atoms with Gasteiger partial charge in [-0.3, -0.25) is 4.79 Å². The molecule has 4 heteroatoms. The van der Waals surface area contributed by atoms with Crippen molar-refractivity contribution in [3.63, 3.8) is 0 Å². The maximum atomic E-state index is 13.0. The summed E-state index contributed by atoms with van der Waals surface area (Å²) in [5.74, 6) is 2.44. The predicted molar refractivity (Wildman–Crippen MR) is 107 cm³/mol. The molecule has 5 saturated carbocycles. The molecule has 1 heterocycles. The fourth-order valence-corrected chi connectivity index (χ4v) is 7.17. The Morgan fingerprint density at radius 3 is 2.52 bits per heavy atom. The summed E-state index contributed by atoms with van der Waals surface area (Å²) >= 11 is 0. The number of carbonyl (C=O) groups is 1. The SMILES string of the molecule is Cc1cccc(C(=O)NC23CC4CC(CC(NCC5CCCC5)(C4)C2)C3)n1. The van der Waals surface area contributed by atoms with E-state index >= 15 is 0 Å². The van der Waals surface area contributed by atoms with E-state index in [1.807, 2.05) is 25.1 Å². The van der Waals surface area contributed by atoms with Gasteiger partial charge in [-0.15, -0.1) is 0 Å². The van der Waals surface area contributed by atoms with Crippen molar-refractivity contribution in [2.45, 2.75) is 82.2 Å². The maximum absolute atomic E-state index is 13.0. The highest BCUT2D eigenvalue weighted by atomic mass is 16.2. The Labute approximate surface area is 162 Å². The van der Waals surface area contributed by atoms with Crippen molar-refractivity contribution in [3.05, 3.63) is 29.6 Å². The number of hydrogen-bond donors (Lipinski definition) is 2. The largest absolute Gasteiger partial charge is 0.345 e. The number of amides is 1. The third kappa shape index (κ3) is 3.41. The lowest BCUT2D eigenvalue weighted by molar-refractivity contribution is -0.0495. The van der Waals surface area contributed by atoms with Crippen molar-refractivity contribution < 1.29 is 4.79 Å². The summed E-state index contributed by atoms with van der Waals surface area (Å²) in [5.41, 5.74) is 1.72. The lowest BCUT2D eigenvalue weighted by Crippen LogP contribution is -2.69. The third-order valence-electron chi connectivity index (χ3n) is 7.80. The first-order chi connectivity index (χ1) is 13.0. The smallest absolute Gasteiger partial charge is 0.270 e. The molecule has 5 fully saturated rings. The summed E-state index contributed by atoms with van der Waals surface area (Å²) in [6.07, 6.45) is 13.1. The molecule has 0 radical (unpaired) electrons. The van der Waals surface area contributed by atoms with E-state index in [-0.39, 0.29) is 17.0 Å². The molecule has 1 amide bonds. The normalized spacial score (nSPS) is 37.7. The second kappa shape index (κ2) is 6.58. The molecular weight excluding hydrogens is 334 g/mol. The molecule has 2 unspecified atom stereocenters. The average Bonchev–Trinajstić information content (AvgIpc) is 3.12. The summed E-state index contributed by atoms with van der Waals surface area (Å²) in [5, 5.41) is 7.53. The van der Waals surface area contributed by atoms with Crippen LogP contribution in [-0.2, 0) is 0 Å². The fraction of sp³-hybridized carbons (Fsp3) is 0.739. The fourth-order valence-electron chi connectivity index (χ4n) is 7.17. The molecule has 0 aromatic carbocycles. The quantitative estimate of drug-likeness (QED) is 0.827. The van der Waals surface area contributed by atoms with Crippen LogP contribution in [0.1, 0.15) is 80.4 Å². The Balaban J connectivity index is 1.32. The number of rotatable bonds is 5. The van der Waals surface area contributed by atoms with Gasteiger partial charge in [0.05, 0.1) is 0 Å². The van der Waals surface area contributed by atoms with E-state index in [2.05, 4.69) is 15.6 Å². The topological polar surface area (TPSA) is 54.0 Å². The zero-order valence-electron chi connectivity index (χ0n) is 16.6. The van der Waals surface area contributed by atoms with Gasteiger partial charge in [0, 0.05) is 16.8 Å². The average molecular weight is 368 g/mol. The molecule has 4 bridgehead atoms. The van der Waals surface area contributed by atoms with Gasteiger partial charge in [0.15, 0.2) is 0 Å². The lowest BCUT2D eigenvalue weighted by Gasteiger charge is -2.62. The lowest BCUT2D eigenvalue weighted by atomic mass is 9.49. The summed E-state index contributed by atoms with van der Waals surface area (Å²) in [4.78, 5) is 17.4. The van der Waals surface area contributed by atoms with Crippen LogP contribution in [0.2, 0.25) is 0 Å². The van der Waals surface area contributed by atoms with Crippen molar-refractivity contribution in [1.29, 1.82) is 0 Å². The van der Waals surface area contributed by atoms with Gasteiger partial charge < -0.3 is 10.6 Å². The Kier molecular flexibility index (Phi) is 4.30. The van der Waals surface area contributed by atoms with Gasteiger partial charge >= 0.3 is 0 Å². The first-order valence-corrected chi connectivity index (χ1v) is 11.0. The van der Waals surface area contributed by atoms with Crippen molar-refractivity contribution >= 4 is 5.91 Å². The summed E-state index contributed by atoms with van der Waals surface area (Å²) in [6, 6.07) is 5.72. The van der Waals surface area contributed by atoms with Crippen LogP contribution in [0.4, 0.5) is 0 Å². The number of hydrogen-bond acceptors (Lipinski definition) is 3. The standard InChI is InChI=1S/C23H33N3O/c1-16-5-4-8-20(25-16)21(27)26-23-12-18-9-19(13-23)11-22(10-18,15-23)24-14-17-6-2-3-7-17/h4-5,8,17-19,24H,2-3,6-7,9-15H2,1H3,(H,26,27). The molecule has 5 aliphatic carbocycles. The summed E-state index contributed by atoms with van der Waals surface area (Å²) in [6.45, 7) is 3.13. The van der Waals surface area contributed by atoms with Crippen molar-refractivity contribution in [1.82, 2.24) is 15.6 Å². The van der Waals surface area contributed by atoms with Crippen LogP contribution in [0.3, 0.4) is 0 Å². The minimum Gasteiger partial charge on any atom is -0.345 e. The van der Waals surface area contributed by atoms with E-state index < -0.39 is 0 Å². The summed E-state index contributed by atoms with van der Waals surface area (Å²) < 4.78 is 0. The molecule has 4 nitrogen and oxygen atoms in total. The van der Waals surface area contributed by atoms with Crippen LogP contribution in [0.25, 0.3) is 0 Å². The van der Waals surface area contributed by atoms with E-state index in [1.165, 1.54) is 51.5 Å². The second-order valence-electron chi connectivity index (χ2n) is 10.2. The molecule has 2 atom stereocenters. The minimum absolute atomic E-state index is 0.0186. The number of nitrogens with zero attached hydrogens (tertiary/aromatic N) is 1.